The van der Waals surface area contributed by atoms with E-state index in [1.807, 2.05) is 20.8 Å². The maximum absolute atomic E-state index is 14.6. The highest BCUT2D eigenvalue weighted by molar-refractivity contribution is 6.31. The molecule has 1 aromatic heterocycles. The van der Waals surface area contributed by atoms with Crippen molar-refractivity contribution in [1.82, 2.24) is 25.5 Å². The van der Waals surface area contributed by atoms with Crippen LogP contribution in [0.15, 0.2) is 30.6 Å². The van der Waals surface area contributed by atoms with Gasteiger partial charge in [0.05, 0.1) is 30.0 Å². The van der Waals surface area contributed by atoms with Crippen LogP contribution in [-0.2, 0) is 14.4 Å². The van der Waals surface area contributed by atoms with Crippen LogP contribution in [0, 0.1) is 17.0 Å². The van der Waals surface area contributed by atoms with E-state index in [0.717, 1.165) is 6.07 Å². The van der Waals surface area contributed by atoms with Crippen molar-refractivity contribution in [2.75, 3.05) is 31.3 Å². The number of amides is 3. The first-order chi connectivity index (χ1) is 20.8. The largest absolute Gasteiger partial charge is 0.494 e. The quantitative estimate of drug-likeness (QED) is 0.255. The van der Waals surface area contributed by atoms with E-state index >= 15 is 0 Å². The Morgan fingerprint density at radius 1 is 1.14 bits per heavy atom. The molecule has 4 N–H and O–H groups in total. The van der Waals surface area contributed by atoms with Gasteiger partial charge in [0.2, 0.25) is 17.7 Å². The number of rotatable bonds is 9. The number of ether oxygens (including phenoxy) is 1. The van der Waals surface area contributed by atoms with Gasteiger partial charge in [-0.05, 0) is 50.4 Å². The predicted octanol–water partition coefficient (Wildman–Crippen LogP) is 4.38. The number of carbonyl (C=O) groups is 3. The molecule has 2 heterocycles. The molecule has 0 bridgehead atoms. The van der Waals surface area contributed by atoms with Crippen molar-refractivity contribution < 1.29 is 27.9 Å². The second-order valence-electron chi connectivity index (χ2n) is 11.6. The van der Waals surface area contributed by atoms with E-state index in [0.29, 0.717) is 36.0 Å². The van der Waals surface area contributed by atoms with E-state index in [9.17, 15) is 23.2 Å². The summed E-state index contributed by atoms with van der Waals surface area (Å²) in [5.74, 6) is -2.54. The van der Waals surface area contributed by atoms with Crippen molar-refractivity contribution in [3.8, 4) is 5.75 Å². The van der Waals surface area contributed by atoms with Crippen molar-refractivity contribution in [2.24, 2.45) is 5.41 Å². The van der Waals surface area contributed by atoms with Gasteiger partial charge in [-0.15, -0.1) is 0 Å². The summed E-state index contributed by atoms with van der Waals surface area (Å²) < 4.78 is 33.8. The van der Waals surface area contributed by atoms with Crippen molar-refractivity contribution >= 4 is 57.4 Å². The van der Waals surface area contributed by atoms with Crippen LogP contribution in [0.25, 0.3) is 10.9 Å². The molecule has 3 atom stereocenters. The summed E-state index contributed by atoms with van der Waals surface area (Å²) in [6.45, 7) is 7.60. The van der Waals surface area contributed by atoms with Gasteiger partial charge in [-0.25, -0.2) is 18.7 Å². The number of anilines is 3. The minimum Gasteiger partial charge on any atom is -0.494 e. The maximum Gasteiger partial charge on any atom is 0.247 e. The summed E-state index contributed by atoms with van der Waals surface area (Å²) in [4.78, 5) is 50.1. The Balaban J connectivity index is 1.62. The smallest absolute Gasteiger partial charge is 0.247 e. The molecule has 1 saturated heterocycles. The van der Waals surface area contributed by atoms with E-state index in [1.54, 1.807) is 26.1 Å². The Morgan fingerprint density at radius 3 is 2.52 bits per heavy atom. The van der Waals surface area contributed by atoms with E-state index < -0.39 is 46.1 Å². The third kappa shape index (κ3) is 6.83. The Bertz CT molecular complexity index is 1580. The molecule has 44 heavy (non-hydrogen) atoms. The van der Waals surface area contributed by atoms with Crippen molar-refractivity contribution in [2.45, 2.75) is 58.7 Å². The average Bonchev–Trinajstić information content (AvgIpc) is 3.49. The lowest BCUT2D eigenvalue weighted by atomic mass is 9.85. The van der Waals surface area contributed by atoms with Crippen molar-refractivity contribution in [3.63, 3.8) is 0 Å². The number of hydrogen-bond donors (Lipinski definition) is 4. The Kier molecular flexibility index (Phi) is 9.89. The molecule has 1 aliphatic rings. The summed E-state index contributed by atoms with van der Waals surface area (Å²) >= 11 is 5.74. The van der Waals surface area contributed by atoms with Crippen LogP contribution < -0.4 is 26.0 Å². The molecular formula is C30H36ClF2N7O4. The lowest BCUT2D eigenvalue weighted by Crippen LogP contribution is -2.59. The molecule has 1 fully saturated rings. The zero-order chi connectivity index (χ0) is 32.3. The number of nitrogens with zero attached hydrogens (tertiary/aromatic N) is 3. The van der Waals surface area contributed by atoms with Gasteiger partial charge in [0.25, 0.3) is 0 Å². The second kappa shape index (κ2) is 13.3. The molecule has 0 radical (unpaired) electrons. The number of fused-ring (bicyclic) bond motifs is 1. The number of hydrogen-bond acceptors (Lipinski definition) is 8. The van der Waals surface area contributed by atoms with Gasteiger partial charge in [0, 0.05) is 18.0 Å². The molecule has 11 nitrogen and oxygen atoms in total. The summed E-state index contributed by atoms with van der Waals surface area (Å²) in [7, 11) is 3.09. The molecular weight excluding hydrogens is 596 g/mol. The summed E-state index contributed by atoms with van der Waals surface area (Å²) in [6.07, 6.45) is 2.28. The third-order valence-corrected chi connectivity index (χ3v) is 7.91. The fourth-order valence-electron chi connectivity index (χ4n) is 4.93. The second-order valence-corrected chi connectivity index (χ2v) is 12.0. The first kappa shape index (κ1) is 32.8. The number of benzene rings is 2. The van der Waals surface area contributed by atoms with Gasteiger partial charge in [-0.3, -0.25) is 14.4 Å². The maximum atomic E-state index is 14.6. The highest BCUT2D eigenvalue weighted by atomic mass is 35.5. The number of methoxy groups -OCH3 is 1. The van der Waals surface area contributed by atoms with Crippen molar-refractivity contribution in [3.05, 3.63) is 47.2 Å². The van der Waals surface area contributed by atoms with Crippen molar-refractivity contribution in [1.29, 1.82) is 0 Å². The van der Waals surface area contributed by atoms with Crippen LogP contribution in [0.1, 0.15) is 40.5 Å². The SMILES string of the molecule is CNC(C)C(=O)NC(C(=O)N1CCCC1C(=O)Nc1cc2c(Nc3ccc(F)c(Cl)c3F)ncnc2cc1OC)C(C)(C)C. The highest BCUT2D eigenvalue weighted by Crippen LogP contribution is 2.35. The van der Waals surface area contributed by atoms with Gasteiger partial charge in [0.15, 0.2) is 5.82 Å². The normalized spacial score (nSPS) is 16.4. The third-order valence-electron chi connectivity index (χ3n) is 7.57. The minimum atomic E-state index is -0.989. The standard InChI is InChI=1S/C30H36ClF2N7O4/c1-15(34-5)27(41)39-25(30(2,3)4)29(43)40-11-7-8-21(40)28(42)38-20-12-16-19(13-22(20)44-6)35-14-36-26(16)37-18-10-9-17(32)23(31)24(18)33/h9-10,12-15,21,25,34H,7-8,11H2,1-6H3,(H,38,42)(H,39,41)(H,35,36,37). The zero-order valence-electron chi connectivity index (χ0n) is 25.3. The fraction of sp³-hybridized carbons (Fsp3) is 0.433. The average molecular weight is 632 g/mol. The summed E-state index contributed by atoms with van der Waals surface area (Å²) in [6, 6.07) is 3.19. The predicted molar refractivity (Wildman–Crippen MR) is 164 cm³/mol. The van der Waals surface area contributed by atoms with Gasteiger partial charge in [-0.1, -0.05) is 32.4 Å². The first-order valence-electron chi connectivity index (χ1n) is 14.1. The molecule has 2 aromatic carbocycles. The lowest BCUT2D eigenvalue weighted by Gasteiger charge is -2.36. The number of likely N-dealkylation sites (N-methyl/N-ethyl adjacent to an activating group) is 1. The van der Waals surface area contributed by atoms with Gasteiger partial charge in [0.1, 0.15) is 40.8 Å². The molecule has 3 unspecified atom stereocenters. The molecule has 236 valence electrons. The number of halogens is 3. The molecule has 3 aromatic rings. The van der Waals surface area contributed by atoms with E-state index in [-0.39, 0.29) is 29.0 Å². The fourth-order valence-corrected chi connectivity index (χ4v) is 5.10. The number of nitrogens with one attached hydrogen (secondary N) is 4. The highest BCUT2D eigenvalue weighted by Gasteiger charge is 2.42. The Morgan fingerprint density at radius 2 is 1.86 bits per heavy atom. The van der Waals surface area contributed by atoms with Crippen LogP contribution in [0.4, 0.5) is 26.0 Å². The van der Waals surface area contributed by atoms with Gasteiger partial charge < -0.3 is 30.9 Å². The van der Waals surface area contributed by atoms with Gasteiger partial charge in [-0.2, -0.15) is 0 Å². The van der Waals surface area contributed by atoms with Crippen LogP contribution in [-0.4, -0.2) is 71.4 Å². The summed E-state index contributed by atoms with van der Waals surface area (Å²) in [5, 5.41) is 11.1. The van der Waals surface area contributed by atoms with Gasteiger partial charge >= 0.3 is 0 Å². The molecule has 3 amide bonds. The molecule has 1 aliphatic heterocycles. The van der Waals surface area contributed by atoms with Crippen LogP contribution >= 0.6 is 11.6 Å². The Hall–Kier alpha value is -4.10. The molecule has 14 heteroatoms. The Labute approximate surface area is 259 Å². The van der Waals surface area contributed by atoms with Crippen LogP contribution in [0.5, 0.6) is 5.75 Å². The monoisotopic (exact) mass is 631 g/mol. The topological polar surface area (TPSA) is 138 Å². The number of aromatic nitrogens is 2. The lowest BCUT2D eigenvalue weighted by molar-refractivity contribution is -0.143. The first-order valence-corrected chi connectivity index (χ1v) is 14.5. The van der Waals surface area contributed by atoms with Crippen LogP contribution in [0.3, 0.4) is 0 Å². The number of carbonyl (C=O) groups excluding carboxylic acids is 3. The minimum absolute atomic E-state index is 0.109. The van der Waals surface area contributed by atoms with E-state index in [4.69, 9.17) is 16.3 Å². The molecule has 4 rings (SSSR count). The van der Waals surface area contributed by atoms with E-state index in [2.05, 4.69) is 31.2 Å². The van der Waals surface area contributed by atoms with Crippen LogP contribution in [0.2, 0.25) is 5.02 Å². The molecule has 0 spiro atoms. The summed E-state index contributed by atoms with van der Waals surface area (Å²) in [5.41, 5.74) is -0.0442. The van der Waals surface area contributed by atoms with E-state index in [1.165, 1.54) is 24.4 Å². The zero-order valence-corrected chi connectivity index (χ0v) is 26.1. The number of likely N-dealkylation sites (tertiary alicyclic amines) is 1. The molecule has 0 aliphatic carbocycles. The molecule has 0 saturated carbocycles.